The van der Waals surface area contributed by atoms with Gasteiger partial charge in [0.25, 0.3) is 5.56 Å². The Balaban J connectivity index is 2.07. The van der Waals surface area contributed by atoms with Gasteiger partial charge in [0.15, 0.2) is 11.2 Å². The minimum Gasteiger partial charge on any atom is -0.283 e. The largest absolute Gasteiger partial charge is 0.332 e. The number of nitrogens with zero attached hydrogens (tertiary/aromatic N) is 5. The third-order valence-corrected chi connectivity index (χ3v) is 5.56. The second kappa shape index (κ2) is 6.76. The first kappa shape index (κ1) is 19.2. The molecule has 0 fully saturated rings. The fourth-order valence-electron chi connectivity index (χ4n) is 3.85. The summed E-state index contributed by atoms with van der Waals surface area (Å²) in [5, 5.41) is 0. The highest BCUT2D eigenvalue weighted by Crippen LogP contribution is 2.24. The Morgan fingerprint density at radius 3 is 2.52 bits per heavy atom. The molecule has 152 valence electrons. The molecule has 0 atom stereocenters. The van der Waals surface area contributed by atoms with E-state index in [4.69, 9.17) is 4.98 Å². The fraction of sp³-hybridized carbons (Fsp3) is 0.409. The Morgan fingerprint density at radius 2 is 1.83 bits per heavy atom. The molecule has 7 heteroatoms. The van der Waals surface area contributed by atoms with E-state index >= 15 is 0 Å². The van der Waals surface area contributed by atoms with E-state index < -0.39 is 0 Å². The molecule has 0 aliphatic rings. The SMILES string of the molecule is Cc1ccc(C)c(-n2c(C)cn3c4c(=O)n(CCC(C)C)c(=O)n(C)c4nc23)c1. The van der Waals surface area contributed by atoms with Crippen LogP contribution in [0.3, 0.4) is 0 Å². The molecule has 0 N–H and O–H groups in total. The summed E-state index contributed by atoms with van der Waals surface area (Å²) in [4.78, 5) is 30.8. The lowest BCUT2D eigenvalue weighted by Crippen LogP contribution is -2.39. The minimum absolute atomic E-state index is 0.283. The maximum Gasteiger partial charge on any atom is 0.332 e. The fourth-order valence-corrected chi connectivity index (χ4v) is 3.85. The first-order chi connectivity index (χ1) is 13.7. The van der Waals surface area contributed by atoms with E-state index in [1.165, 1.54) is 9.13 Å². The summed E-state index contributed by atoms with van der Waals surface area (Å²) in [5.74, 6) is 1.04. The zero-order chi connectivity index (χ0) is 21.0. The maximum absolute atomic E-state index is 13.2. The number of benzene rings is 1. The van der Waals surface area contributed by atoms with Crippen LogP contribution in [0.25, 0.3) is 22.6 Å². The molecule has 4 rings (SSSR count). The Labute approximate surface area is 168 Å². The van der Waals surface area contributed by atoms with Crippen LogP contribution in [0.2, 0.25) is 0 Å². The van der Waals surface area contributed by atoms with Crippen molar-refractivity contribution in [2.45, 2.75) is 47.6 Å². The summed E-state index contributed by atoms with van der Waals surface area (Å²) in [6, 6.07) is 6.27. The van der Waals surface area contributed by atoms with Crippen molar-refractivity contribution in [2.75, 3.05) is 0 Å². The van der Waals surface area contributed by atoms with Crippen molar-refractivity contribution in [3.8, 4) is 5.69 Å². The molecule has 0 saturated heterocycles. The summed E-state index contributed by atoms with van der Waals surface area (Å²) in [5.41, 5.74) is 4.52. The number of imidazole rings is 2. The molecule has 0 aliphatic carbocycles. The van der Waals surface area contributed by atoms with Gasteiger partial charge in [-0.05, 0) is 50.3 Å². The van der Waals surface area contributed by atoms with Crippen LogP contribution in [0.4, 0.5) is 0 Å². The molecule has 0 unspecified atom stereocenters. The highest BCUT2D eigenvalue weighted by Gasteiger charge is 2.21. The summed E-state index contributed by atoms with van der Waals surface area (Å²) >= 11 is 0. The number of hydrogen-bond acceptors (Lipinski definition) is 3. The summed E-state index contributed by atoms with van der Waals surface area (Å²) < 4.78 is 6.68. The second-order valence-electron chi connectivity index (χ2n) is 8.33. The molecular formula is C22H27N5O2. The van der Waals surface area contributed by atoms with Gasteiger partial charge < -0.3 is 0 Å². The zero-order valence-corrected chi connectivity index (χ0v) is 17.9. The van der Waals surface area contributed by atoms with Crippen molar-refractivity contribution in [1.82, 2.24) is 23.1 Å². The maximum atomic E-state index is 13.2. The van der Waals surface area contributed by atoms with Crippen LogP contribution < -0.4 is 11.2 Å². The van der Waals surface area contributed by atoms with E-state index in [1.807, 2.05) is 22.1 Å². The van der Waals surface area contributed by atoms with Gasteiger partial charge >= 0.3 is 5.69 Å². The van der Waals surface area contributed by atoms with Gasteiger partial charge in [0.1, 0.15) is 0 Å². The van der Waals surface area contributed by atoms with Gasteiger partial charge in [0.2, 0.25) is 5.78 Å². The van der Waals surface area contributed by atoms with E-state index in [0.717, 1.165) is 28.9 Å². The molecule has 3 heterocycles. The average molecular weight is 393 g/mol. The molecule has 0 spiro atoms. The van der Waals surface area contributed by atoms with Gasteiger partial charge in [-0.25, -0.2) is 4.79 Å². The smallest absolute Gasteiger partial charge is 0.283 e. The molecule has 1 aromatic carbocycles. The van der Waals surface area contributed by atoms with Crippen molar-refractivity contribution in [1.29, 1.82) is 0 Å². The van der Waals surface area contributed by atoms with Crippen molar-refractivity contribution >= 4 is 16.9 Å². The van der Waals surface area contributed by atoms with Crippen molar-refractivity contribution < 1.29 is 0 Å². The van der Waals surface area contributed by atoms with E-state index in [1.54, 1.807) is 7.05 Å². The van der Waals surface area contributed by atoms with Gasteiger partial charge in [0, 0.05) is 25.5 Å². The van der Waals surface area contributed by atoms with Crippen LogP contribution >= 0.6 is 0 Å². The minimum atomic E-state index is -0.320. The highest BCUT2D eigenvalue weighted by molar-refractivity contribution is 5.76. The van der Waals surface area contributed by atoms with Crippen LogP contribution in [0, 0.1) is 26.7 Å². The lowest BCUT2D eigenvalue weighted by Gasteiger charge is -2.10. The number of fused-ring (bicyclic) bond motifs is 3. The van der Waals surface area contributed by atoms with Crippen LogP contribution in [0.1, 0.15) is 37.1 Å². The number of aromatic nitrogens is 5. The molecule has 0 bridgehead atoms. The van der Waals surface area contributed by atoms with Gasteiger partial charge in [-0.15, -0.1) is 0 Å². The lowest BCUT2D eigenvalue weighted by atomic mass is 10.1. The third kappa shape index (κ3) is 2.92. The van der Waals surface area contributed by atoms with Crippen LogP contribution in [-0.2, 0) is 13.6 Å². The number of rotatable bonds is 4. The molecule has 7 nitrogen and oxygen atoms in total. The van der Waals surface area contributed by atoms with Gasteiger partial charge in [0.05, 0.1) is 5.69 Å². The summed E-state index contributed by atoms with van der Waals surface area (Å²) in [7, 11) is 1.68. The normalized spacial score (nSPS) is 12.0. The van der Waals surface area contributed by atoms with Crippen molar-refractivity contribution in [2.24, 2.45) is 13.0 Å². The molecule has 29 heavy (non-hydrogen) atoms. The topological polar surface area (TPSA) is 66.2 Å². The highest BCUT2D eigenvalue weighted by atomic mass is 16.2. The second-order valence-corrected chi connectivity index (χ2v) is 8.33. The standard InChI is InChI=1S/C22H27N5O2/c1-13(2)9-10-25-20(28)18-19(24(6)22(25)29)23-21-26(18)12-16(5)27(21)17-11-14(3)7-8-15(17)4/h7-8,11-13H,9-10H2,1-6H3. The van der Waals surface area contributed by atoms with Crippen LogP contribution in [0.15, 0.2) is 34.0 Å². The summed E-state index contributed by atoms with van der Waals surface area (Å²) in [6.45, 7) is 10.7. The third-order valence-electron chi connectivity index (χ3n) is 5.56. The molecule has 0 amide bonds. The van der Waals surface area contributed by atoms with Crippen LogP contribution in [0.5, 0.6) is 0 Å². The molecule has 3 aromatic heterocycles. The first-order valence-electron chi connectivity index (χ1n) is 9.98. The van der Waals surface area contributed by atoms with Crippen molar-refractivity contribution in [3.63, 3.8) is 0 Å². The molecule has 0 aliphatic heterocycles. The van der Waals surface area contributed by atoms with E-state index in [-0.39, 0.29) is 11.2 Å². The predicted octanol–water partition coefficient (Wildman–Crippen LogP) is 3.11. The molecule has 4 aromatic rings. The summed E-state index contributed by atoms with van der Waals surface area (Å²) in [6.07, 6.45) is 2.69. The molecular weight excluding hydrogens is 366 g/mol. The number of aryl methyl sites for hydroxylation is 4. The predicted molar refractivity (Wildman–Crippen MR) is 115 cm³/mol. The van der Waals surface area contributed by atoms with E-state index in [9.17, 15) is 9.59 Å². The Morgan fingerprint density at radius 1 is 1.10 bits per heavy atom. The van der Waals surface area contributed by atoms with Gasteiger partial charge in [-0.1, -0.05) is 26.0 Å². The quantitative estimate of drug-likeness (QED) is 0.535. The molecule has 0 saturated carbocycles. The Kier molecular flexibility index (Phi) is 4.48. The van der Waals surface area contributed by atoms with E-state index in [2.05, 4.69) is 45.9 Å². The zero-order valence-electron chi connectivity index (χ0n) is 17.9. The van der Waals surface area contributed by atoms with Crippen LogP contribution in [-0.4, -0.2) is 23.1 Å². The lowest BCUT2D eigenvalue weighted by molar-refractivity contribution is 0.488. The number of hydrogen-bond donors (Lipinski definition) is 0. The van der Waals surface area contributed by atoms with E-state index in [0.29, 0.717) is 29.4 Å². The van der Waals surface area contributed by atoms with Gasteiger partial charge in [-0.2, -0.15) is 4.98 Å². The first-order valence-corrected chi connectivity index (χ1v) is 9.98. The average Bonchev–Trinajstić information content (AvgIpc) is 3.16. The van der Waals surface area contributed by atoms with Gasteiger partial charge in [-0.3, -0.25) is 22.9 Å². The Bertz CT molecular complexity index is 1360. The Hall–Kier alpha value is -3.09. The van der Waals surface area contributed by atoms with Crippen molar-refractivity contribution in [3.05, 3.63) is 62.1 Å². The molecule has 0 radical (unpaired) electrons. The monoisotopic (exact) mass is 393 g/mol.